The average Bonchev–Trinajstić information content (AvgIpc) is 2.37. The molecule has 0 bridgehead atoms. The number of carbonyl (C=O) groups excluding carboxylic acids is 2. The van der Waals surface area contributed by atoms with Gasteiger partial charge >= 0.3 is 0 Å². The first-order valence-corrected chi connectivity index (χ1v) is 5.87. The SMILES string of the molecule is CC(CO)C(=O)NNC(=O)c1cc(Br)cnc1N. The normalized spacial score (nSPS) is 11.7. The van der Waals surface area contributed by atoms with Gasteiger partial charge in [-0.1, -0.05) is 6.92 Å². The molecule has 0 spiro atoms. The predicted molar refractivity (Wildman–Crippen MR) is 68.2 cm³/mol. The number of nitrogen functional groups attached to an aromatic ring is 1. The van der Waals surface area contributed by atoms with Crippen LogP contribution >= 0.6 is 15.9 Å². The summed E-state index contributed by atoms with van der Waals surface area (Å²) in [5.74, 6) is -1.63. The lowest BCUT2D eigenvalue weighted by atomic mass is 10.2. The maximum Gasteiger partial charge on any atom is 0.273 e. The quantitative estimate of drug-likeness (QED) is 0.577. The molecule has 18 heavy (non-hydrogen) atoms. The molecule has 0 aliphatic rings. The third-order valence-corrected chi connectivity index (χ3v) is 2.58. The van der Waals surface area contributed by atoms with Gasteiger partial charge in [-0.15, -0.1) is 0 Å². The molecule has 0 aliphatic heterocycles. The Labute approximate surface area is 112 Å². The number of hydrazine groups is 1. The summed E-state index contributed by atoms with van der Waals surface area (Å²) in [5, 5.41) is 8.76. The van der Waals surface area contributed by atoms with Crippen molar-refractivity contribution < 1.29 is 14.7 Å². The van der Waals surface area contributed by atoms with E-state index in [4.69, 9.17) is 10.8 Å². The fourth-order valence-corrected chi connectivity index (χ4v) is 1.35. The van der Waals surface area contributed by atoms with Crippen molar-refractivity contribution in [2.45, 2.75) is 6.92 Å². The van der Waals surface area contributed by atoms with Crippen molar-refractivity contribution in [1.82, 2.24) is 15.8 Å². The van der Waals surface area contributed by atoms with E-state index in [0.717, 1.165) is 0 Å². The van der Waals surface area contributed by atoms with E-state index in [2.05, 4.69) is 31.8 Å². The Bertz CT molecular complexity index is 466. The van der Waals surface area contributed by atoms with Crippen LogP contribution in [0.2, 0.25) is 0 Å². The van der Waals surface area contributed by atoms with Crippen LogP contribution in [0.1, 0.15) is 17.3 Å². The zero-order valence-corrected chi connectivity index (χ0v) is 11.2. The van der Waals surface area contributed by atoms with E-state index < -0.39 is 17.7 Å². The molecule has 0 aliphatic carbocycles. The smallest absolute Gasteiger partial charge is 0.273 e. The summed E-state index contributed by atoms with van der Waals surface area (Å²) in [6.07, 6.45) is 1.46. The van der Waals surface area contributed by atoms with Crippen molar-refractivity contribution in [1.29, 1.82) is 0 Å². The highest BCUT2D eigenvalue weighted by Gasteiger charge is 2.15. The number of halogens is 1. The van der Waals surface area contributed by atoms with E-state index in [9.17, 15) is 9.59 Å². The summed E-state index contributed by atoms with van der Waals surface area (Å²) < 4.78 is 0.594. The molecule has 0 saturated heterocycles. The van der Waals surface area contributed by atoms with Gasteiger partial charge in [-0.05, 0) is 22.0 Å². The van der Waals surface area contributed by atoms with Gasteiger partial charge < -0.3 is 10.8 Å². The second kappa shape index (κ2) is 6.31. The lowest BCUT2D eigenvalue weighted by molar-refractivity contribution is -0.126. The largest absolute Gasteiger partial charge is 0.396 e. The Morgan fingerprint density at radius 3 is 2.83 bits per heavy atom. The van der Waals surface area contributed by atoms with E-state index in [1.165, 1.54) is 19.2 Å². The van der Waals surface area contributed by atoms with Gasteiger partial charge in [-0.2, -0.15) is 0 Å². The summed E-state index contributed by atoms with van der Waals surface area (Å²) >= 11 is 3.16. The predicted octanol–water partition coefficient (Wildman–Crippen LogP) is -0.184. The van der Waals surface area contributed by atoms with E-state index in [1.54, 1.807) is 0 Å². The van der Waals surface area contributed by atoms with Crippen molar-refractivity contribution >= 4 is 33.6 Å². The molecule has 0 aromatic carbocycles. The lowest BCUT2D eigenvalue weighted by Crippen LogP contribution is -2.44. The number of carbonyl (C=O) groups is 2. The Kier molecular flexibility index (Phi) is 5.05. The molecule has 1 aromatic rings. The summed E-state index contributed by atoms with van der Waals surface area (Å²) in [7, 11) is 0. The fraction of sp³-hybridized carbons (Fsp3) is 0.300. The molecular weight excluding hydrogens is 304 g/mol. The molecule has 7 nitrogen and oxygen atoms in total. The number of nitrogens with two attached hydrogens (primary N) is 1. The first-order chi connectivity index (χ1) is 8.45. The van der Waals surface area contributed by atoms with Crippen LogP contribution in [0.4, 0.5) is 5.82 Å². The highest BCUT2D eigenvalue weighted by atomic mass is 79.9. The molecule has 98 valence electrons. The van der Waals surface area contributed by atoms with Crippen LogP contribution in [0.3, 0.4) is 0 Å². The molecule has 0 fully saturated rings. The van der Waals surface area contributed by atoms with Gasteiger partial charge in [-0.3, -0.25) is 20.4 Å². The van der Waals surface area contributed by atoms with Gasteiger partial charge in [0, 0.05) is 10.7 Å². The maximum atomic E-state index is 11.7. The number of aliphatic hydroxyl groups is 1. The van der Waals surface area contributed by atoms with Gasteiger partial charge in [0.2, 0.25) is 5.91 Å². The average molecular weight is 317 g/mol. The summed E-state index contributed by atoms with van der Waals surface area (Å²) in [6.45, 7) is 1.22. The third kappa shape index (κ3) is 3.67. The van der Waals surface area contributed by atoms with Crippen LogP contribution in [-0.4, -0.2) is 28.5 Å². The number of amides is 2. The number of hydrogen-bond donors (Lipinski definition) is 4. The molecule has 1 atom stereocenters. The standard InChI is InChI=1S/C10H13BrN4O3/c1-5(4-16)9(17)14-15-10(18)7-2-6(11)3-13-8(7)12/h2-3,5,16H,4H2,1H3,(H2,12,13)(H,14,17)(H,15,18). The van der Waals surface area contributed by atoms with E-state index in [-0.39, 0.29) is 18.0 Å². The van der Waals surface area contributed by atoms with E-state index in [0.29, 0.717) is 4.47 Å². The topological polar surface area (TPSA) is 117 Å². The molecule has 1 aromatic heterocycles. The van der Waals surface area contributed by atoms with Crippen molar-refractivity contribution in [3.05, 3.63) is 22.3 Å². The minimum atomic E-state index is -0.608. The van der Waals surface area contributed by atoms with Gasteiger partial charge in [0.25, 0.3) is 5.91 Å². The molecule has 8 heteroatoms. The van der Waals surface area contributed by atoms with Crippen molar-refractivity contribution in [2.24, 2.45) is 5.92 Å². The van der Waals surface area contributed by atoms with E-state index in [1.807, 2.05) is 0 Å². The highest BCUT2D eigenvalue weighted by Crippen LogP contribution is 2.14. The zero-order valence-electron chi connectivity index (χ0n) is 9.61. The van der Waals surface area contributed by atoms with Gasteiger partial charge in [0.15, 0.2) is 0 Å². The monoisotopic (exact) mass is 316 g/mol. The maximum absolute atomic E-state index is 11.7. The summed E-state index contributed by atoms with van der Waals surface area (Å²) in [6, 6.07) is 1.49. The number of aliphatic hydroxyl groups excluding tert-OH is 1. The summed E-state index contributed by atoms with van der Waals surface area (Å²) in [5.41, 5.74) is 10.1. The van der Waals surface area contributed by atoms with Crippen LogP contribution in [0.25, 0.3) is 0 Å². The van der Waals surface area contributed by atoms with Crippen LogP contribution in [0, 0.1) is 5.92 Å². The van der Waals surface area contributed by atoms with Crippen LogP contribution in [0.15, 0.2) is 16.7 Å². The molecule has 1 heterocycles. The second-order valence-corrected chi connectivity index (χ2v) is 4.53. The van der Waals surface area contributed by atoms with Crippen LogP contribution < -0.4 is 16.6 Å². The van der Waals surface area contributed by atoms with Gasteiger partial charge in [-0.25, -0.2) is 4.98 Å². The van der Waals surface area contributed by atoms with Gasteiger partial charge in [0.05, 0.1) is 18.1 Å². The lowest BCUT2D eigenvalue weighted by Gasteiger charge is -2.11. The molecule has 5 N–H and O–H groups in total. The van der Waals surface area contributed by atoms with Crippen LogP contribution in [-0.2, 0) is 4.79 Å². The molecule has 1 unspecified atom stereocenters. The second-order valence-electron chi connectivity index (χ2n) is 3.61. The first-order valence-electron chi connectivity index (χ1n) is 5.07. The Balaban J connectivity index is 2.66. The zero-order chi connectivity index (χ0) is 13.7. The van der Waals surface area contributed by atoms with Crippen molar-refractivity contribution in [3.63, 3.8) is 0 Å². The molecular formula is C10H13BrN4O3. The number of nitrogens with zero attached hydrogens (tertiary/aromatic N) is 1. The number of hydrogen-bond acceptors (Lipinski definition) is 5. The van der Waals surface area contributed by atoms with Crippen LogP contribution in [0.5, 0.6) is 0 Å². The number of pyridine rings is 1. The summed E-state index contributed by atoms with van der Waals surface area (Å²) in [4.78, 5) is 26.8. The number of nitrogens with one attached hydrogen (secondary N) is 2. The minimum Gasteiger partial charge on any atom is -0.396 e. The number of aromatic nitrogens is 1. The molecule has 0 radical (unpaired) electrons. The van der Waals surface area contributed by atoms with Gasteiger partial charge in [0.1, 0.15) is 5.82 Å². The van der Waals surface area contributed by atoms with Crippen molar-refractivity contribution in [2.75, 3.05) is 12.3 Å². The molecule has 0 saturated carbocycles. The Morgan fingerprint density at radius 1 is 1.56 bits per heavy atom. The highest BCUT2D eigenvalue weighted by molar-refractivity contribution is 9.10. The first kappa shape index (κ1) is 14.4. The Morgan fingerprint density at radius 2 is 2.22 bits per heavy atom. The fourth-order valence-electron chi connectivity index (χ4n) is 1.02. The number of rotatable bonds is 3. The molecule has 2 amide bonds. The Hall–Kier alpha value is -1.67. The van der Waals surface area contributed by atoms with E-state index >= 15 is 0 Å². The van der Waals surface area contributed by atoms with Crippen molar-refractivity contribution in [3.8, 4) is 0 Å². The number of anilines is 1. The third-order valence-electron chi connectivity index (χ3n) is 2.15. The molecule has 1 rings (SSSR count). The minimum absolute atomic E-state index is 0.0557.